The van der Waals surface area contributed by atoms with Gasteiger partial charge in [-0.15, -0.1) is 0 Å². The van der Waals surface area contributed by atoms with Gasteiger partial charge in [0.1, 0.15) is 0 Å². The van der Waals surface area contributed by atoms with Gasteiger partial charge in [0.2, 0.25) is 0 Å². The second-order valence-corrected chi connectivity index (χ2v) is 38.4. The van der Waals surface area contributed by atoms with Crippen molar-refractivity contribution < 1.29 is 25.8 Å². The van der Waals surface area contributed by atoms with Crippen molar-refractivity contribution in [3.8, 4) is 22.3 Å². The third-order valence-electron chi connectivity index (χ3n) is 13.1. The molecule has 0 fully saturated rings. The van der Waals surface area contributed by atoms with E-state index in [2.05, 4.69) is 153 Å². The number of amides is 2. The van der Waals surface area contributed by atoms with E-state index < -0.39 is 27.9 Å². The van der Waals surface area contributed by atoms with E-state index in [-0.39, 0.29) is 36.5 Å². The molecule has 0 aliphatic heterocycles. The first-order valence-electron chi connectivity index (χ1n) is 20.4. The molecule has 0 aromatic heterocycles. The molecule has 56 heavy (non-hydrogen) atoms. The van der Waals surface area contributed by atoms with Crippen LogP contribution in [0.1, 0.15) is 117 Å². The summed E-state index contributed by atoms with van der Waals surface area (Å²) in [6.07, 6.45) is 5.12. The average molecular weight is 868 g/mol. The van der Waals surface area contributed by atoms with Gasteiger partial charge in [0.15, 0.2) is 0 Å². The third-order valence-corrected chi connectivity index (χ3v) is 32.9. The standard InChI is InChI=1S/2C21H23.C6H11BN2O2.2ClH.Zr/c2*1-13(2)18-11-17-7-6-8-20(21(17)12-18)19-10-9-14(3)15(4)16(19)5;1-3-5(10)8-7-9-6(11)4-2;;;/h2*6-13H,1-5H3;3-4H2,1-2H3,(H-,8,9,10,11);2*1H;/q;;;;;+1/p-1. The number of fused-ring (bicyclic) bond motifs is 2. The van der Waals surface area contributed by atoms with Gasteiger partial charge in [-0.2, -0.15) is 0 Å². The Bertz CT molecular complexity index is 2170. The zero-order valence-electron chi connectivity index (χ0n) is 35.3. The Kier molecular flexibility index (Phi) is 12.0. The van der Waals surface area contributed by atoms with Crippen LogP contribution in [0, 0.1) is 53.4 Å². The summed E-state index contributed by atoms with van der Waals surface area (Å²) < 4.78 is -1.81. The summed E-state index contributed by atoms with van der Waals surface area (Å²) in [5.41, 5.74) is 18.9. The van der Waals surface area contributed by atoms with Crippen molar-refractivity contribution in [2.75, 3.05) is 0 Å². The Hall–Kier alpha value is -3.17. The fraction of sp³-hybridized carbons (Fsp3) is 0.375. The van der Waals surface area contributed by atoms with E-state index in [4.69, 9.17) is 17.0 Å². The molecule has 0 spiro atoms. The van der Waals surface area contributed by atoms with Crippen LogP contribution in [0.25, 0.3) is 34.4 Å². The fourth-order valence-corrected chi connectivity index (χ4v) is 30.4. The number of nitrogens with one attached hydrogen (secondary N) is 2. The molecule has 0 bridgehead atoms. The van der Waals surface area contributed by atoms with Gasteiger partial charge in [-0.1, -0.05) is 0 Å². The van der Waals surface area contributed by atoms with Crippen molar-refractivity contribution >= 4 is 45.5 Å². The quantitative estimate of drug-likeness (QED) is 0.148. The summed E-state index contributed by atoms with van der Waals surface area (Å²) in [4.78, 5) is 27.5. The second-order valence-electron chi connectivity index (χ2n) is 16.9. The molecule has 2 aliphatic carbocycles. The molecule has 293 valence electrons. The molecule has 2 aliphatic rings. The van der Waals surface area contributed by atoms with E-state index >= 15 is 0 Å². The topological polar surface area (TPSA) is 58.2 Å². The zero-order valence-corrected chi connectivity index (χ0v) is 39.3. The molecule has 8 heteroatoms. The van der Waals surface area contributed by atoms with Crippen molar-refractivity contribution in [3.63, 3.8) is 0 Å². The molecule has 0 radical (unpaired) electrons. The Labute approximate surface area is 344 Å². The summed E-state index contributed by atoms with van der Waals surface area (Å²) >= 11 is -6.05. The van der Waals surface area contributed by atoms with Crippen LogP contribution in [0.2, 0.25) is 0 Å². The third kappa shape index (κ3) is 6.94. The summed E-state index contributed by atoms with van der Waals surface area (Å²) in [7, 11) is 17.8. The first-order chi connectivity index (χ1) is 26.4. The number of allylic oxidation sites excluding steroid dienone is 2. The number of carbonyl (C=O) groups is 2. The Morgan fingerprint density at radius 3 is 1.30 bits per heavy atom. The molecule has 6 rings (SSSR count). The van der Waals surface area contributed by atoms with Gasteiger partial charge in [-0.05, 0) is 0 Å². The van der Waals surface area contributed by atoms with Crippen molar-refractivity contribution in [2.45, 2.75) is 103 Å². The molecule has 2 N–H and O–H groups in total. The fourth-order valence-electron chi connectivity index (χ4n) is 9.39. The van der Waals surface area contributed by atoms with Gasteiger partial charge in [0, 0.05) is 0 Å². The number of rotatable bonds is 11. The van der Waals surface area contributed by atoms with E-state index in [1.165, 1.54) is 44.5 Å². The van der Waals surface area contributed by atoms with Gasteiger partial charge in [-0.25, -0.2) is 0 Å². The molecule has 4 nitrogen and oxygen atoms in total. The molecular formula is C48H58BCl2N2O2Zr. The number of benzene rings is 4. The summed E-state index contributed by atoms with van der Waals surface area (Å²) in [6, 6.07) is 21.9. The molecule has 2 amide bonds. The number of hydrogen-bond acceptors (Lipinski definition) is 2. The second kappa shape index (κ2) is 15.9. The number of hydrogen-bond donors (Lipinski definition) is 2. The average Bonchev–Trinajstić information content (AvgIpc) is 3.78. The zero-order chi connectivity index (χ0) is 41.0. The molecule has 0 saturated heterocycles. The van der Waals surface area contributed by atoms with Crippen LogP contribution < -0.4 is 10.5 Å². The van der Waals surface area contributed by atoms with Crippen LogP contribution in [0.4, 0.5) is 0 Å². The van der Waals surface area contributed by atoms with Crippen LogP contribution in [0.3, 0.4) is 0 Å². The van der Waals surface area contributed by atoms with Gasteiger partial charge in [-0.3, -0.25) is 0 Å². The predicted octanol–water partition coefficient (Wildman–Crippen LogP) is 12.8. The minimum atomic E-state index is -6.05. The van der Waals surface area contributed by atoms with E-state index in [0.29, 0.717) is 0 Å². The Morgan fingerprint density at radius 2 is 0.964 bits per heavy atom. The molecule has 2 atom stereocenters. The monoisotopic (exact) mass is 865 g/mol. The van der Waals surface area contributed by atoms with Gasteiger partial charge < -0.3 is 0 Å². The van der Waals surface area contributed by atoms with Gasteiger partial charge >= 0.3 is 346 Å². The van der Waals surface area contributed by atoms with E-state index in [9.17, 15) is 9.59 Å². The van der Waals surface area contributed by atoms with E-state index in [0.717, 1.165) is 44.5 Å². The first kappa shape index (κ1) is 42.4. The Balaban J connectivity index is 1.73. The Morgan fingerprint density at radius 1 is 0.589 bits per heavy atom. The molecular weight excluding hydrogens is 809 g/mol. The van der Waals surface area contributed by atoms with Crippen molar-refractivity contribution in [2.24, 2.45) is 11.8 Å². The maximum atomic E-state index is 13.7. The van der Waals surface area contributed by atoms with Crippen molar-refractivity contribution in [1.82, 2.24) is 10.5 Å². The molecule has 0 heterocycles. The van der Waals surface area contributed by atoms with Crippen LogP contribution in [0.5, 0.6) is 0 Å². The number of halogens is 2. The normalized spacial score (nSPS) is 16.9. The van der Waals surface area contributed by atoms with Gasteiger partial charge in [0.25, 0.3) is 0 Å². The summed E-state index contributed by atoms with van der Waals surface area (Å²) in [5, 5.41) is 6.58. The minimum absolute atomic E-state index is 0.0766. The van der Waals surface area contributed by atoms with E-state index in [1.54, 1.807) is 0 Å². The molecule has 0 saturated carbocycles. The molecule has 4 aromatic rings. The number of carbonyl (C=O) groups excluding carboxylic acids is 2. The van der Waals surface area contributed by atoms with Crippen molar-refractivity contribution in [3.05, 3.63) is 127 Å². The van der Waals surface area contributed by atoms with Crippen LogP contribution in [0.15, 0.2) is 71.8 Å². The summed E-state index contributed by atoms with van der Waals surface area (Å²) in [5.74, 6) is -0.247. The SMILES string of the molecule is CCC(=O)N[B](NC(=O)CC)[Zr]([Cl])([Cl])([CH]1C(C(C)C)=Cc2c(-c3ccc(C)c(C)c3C)cccc21)[CH]1C(C(C)C)=Cc2c(-c3ccc(C)c(C)c3C)cccc21. The number of aryl methyl sites for hydroxylation is 2. The van der Waals surface area contributed by atoms with Crippen LogP contribution in [-0.2, 0) is 25.8 Å². The predicted molar refractivity (Wildman–Crippen MR) is 238 cm³/mol. The van der Waals surface area contributed by atoms with Crippen LogP contribution in [-0.4, -0.2) is 16.3 Å². The molecule has 2 unspecified atom stereocenters. The van der Waals surface area contributed by atoms with Crippen molar-refractivity contribution in [1.29, 1.82) is 0 Å². The van der Waals surface area contributed by atoms with Crippen LogP contribution >= 0.6 is 17.0 Å². The summed E-state index contributed by atoms with van der Waals surface area (Å²) in [6.45, 7) is 25.6. The maximum absolute atomic E-state index is 13.7. The van der Waals surface area contributed by atoms with Gasteiger partial charge in [0.05, 0.1) is 0 Å². The van der Waals surface area contributed by atoms with E-state index in [1.807, 2.05) is 13.8 Å². The first-order valence-corrected chi connectivity index (χ1v) is 30.9. The molecule has 4 aromatic carbocycles.